The molecule has 28 heavy (non-hydrogen) atoms. The number of aryl methyl sites for hydroxylation is 1. The molecule has 4 rings (SSSR count). The van der Waals surface area contributed by atoms with Gasteiger partial charge < -0.3 is 9.15 Å². The number of esters is 1. The minimum absolute atomic E-state index is 0.0351. The summed E-state index contributed by atoms with van der Waals surface area (Å²) >= 11 is 0. The minimum atomic E-state index is -0.513. The smallest absolute Gasteiger partial charge is 0.308 e. The Hall–Kier alpha value is -3.88. The Kier molecular flexibility index (Phi) is 4.87. The molecule has 9 heteroatoms. The van der Waals surface area contributed by atoms with Gasteiger partial charge in [-0.25, -0.2) is 4.68 Å². The second kappa shape index (κ2) is 7.78. The van der Waals surface area contributed by atoms with Crippen LogP contribution in [0.3, 0.4) is 0 Å². The zero-order valence-corrected chi connectivity index (χ0v) is 14.7. The van der Waals surface area contributed by atoms with Crippen LogP contribution in [0.1, 0.15) is 12.3 Å². The standard InChI is InChI=1S/C19H15N5O4/c25-17(10-11-24-19(26)14-8-4-5-9-15(14)20-23-24)27-12-16-21-22-18(28-16)13-6-2-1-3-7-13/h1-9H,10-12H2. The lowest BCUT2D eigenvalue weighted by Gasteiger charge is -2.05. The fraction of sp³-hybridized carbons (Fsp3) is 0.158. The Balaban J connectivity index is 1.34. The minimum Gasteiger partial charge on any atom is -0.456 e. The molecule has 2 heterocycles. The summed E-state index contributed by atoms with van der Waals surface area (Å²) in [6.07, 6.45) is -0.0351. The molecule has 0 spiro atoms. The number of carbonyl (C=O) groups is 1. The van der Waals surface area contributed by atoms with Crippen LogP contribution >= 0.6 is 0 Å². The van der Waals surface area contributed by atoms with Crippen LogP contribution in [0.25, 0.3) is 22.4 Å². The summed E-state index contributed by atoms with van der Waals surface area (Å²) in [6.45, 7) is -0.0778. The molecule has 0 amide bonds. The van der Waals surface area contributed by atoms with Gasteiger partial charge in [0.15, 0.2) is 6.61 Å². The van der Waals surface area contributed by atoms with Gasteiger partial charge in [-0.1, -0.05) is 35.5 Å². The van der Waals surface area contributed by atoms with E-state index in [2.05, 4.69) is 20.5 Å². The predicted octanol–water partition coefficient (Wildman–Crippen LogP) is 1.97. The van der Waals surface area contributed by atoms with Gasteiger partial charge in [-0.05, 0) is 24.3 Å². The molecule has 4 aromatic rings. The van der Waals surface area contributed by atoms with Crippen molar-refractivity contribution in [3.63, 3.8) is 0 Å². The van der Waals surface area contributed by atoms with Gasteiger partial charge in [0.05, 0.1) is 18.4 Å². The molecule has 9 nitrogen and oxygen atoms in total. The van der Waals surface area contributed by atoms with E-state index in [4.69, 9.17) is 9.15 Å². The lowest BCUT2D eigenvalue weighted by molar-refractivity contribution is -0.146. The first kappa shape index (κ1) is 17.5. The second-order valence-corrected chi connectivity index (χ2v) is 5.91. The average Bonchev–Trinajstić information content (AvgIpc) is 3.22. The Morgan fingerprint density at radius 1 is 1.00 bits per heavy atom. The highest BCUT2D eigenvalue weighted by Gasteiger charge is 2.12. The van der Waals surface area contributed by atoms with Crippen molar-refractivity contribution in [3.05, 3.63) is 70.8 Å². The third-order valence-electron chi connectivity index (χ3n) is 4.00. The van der Waals surface area contributed by atoms with Crippen LogP contribution in [0.2, 0.25) is 0 Å². The summed E-state index contributed by atoms with van der Waals surface area (Å²) in [4.78, 5) is 24.3. The van der Waals surface area contributed by atoms with Crippen LogP contribution in [0.15, 0.2) is 63.8 Å². The normalized spacial score (nSPS) is 10.9. The third kappa shape index (κ3) is 3.78. The van der Waals surface area contributed by atoms with Crippen molar-refractivity contribution in [3.8, 4) is 11.5 Å². The van der Waals surface area contributed by atoms with Crippen LogP contribution in [0.4, 0.5) is 0 Å². The van der Waals surface area contributed by atoms with Crippen LogP contribution in [0, 0.1) is 0 Å². The molecule has 0 aliphatic rings. The Morgan fingerprint density at radius 2 is 1.79 bits per heavy atom. The fourth-order valence-electron chi connectivity index (χ4n) is 2.59. The molecule has 0 aliphatic carbocycles. The van der Waals surface area contributed by atoms with Crippen LogP contribution in [-0.2, 0) is 22.7 Å². The van der Waals surface area contributed by atoms with Gasteiger partial charge in [0.2, 0.25) is 5.89 Å². The number of fused-ring (bicyclic) bond motifs is 1. The number of carbonyl (C=O) groups excluding carboxylic acids is 1. The molecule has 0 aliphatic heterocycles. The van der Waals surface area contributed by atoms with Crippen molar-refractivity contribution in [2.24, 2.45) is 0 Å². The summed E-state index contributed by atoms with van der Waals surface area (Å²) in [6, 6.07) is 16.2. The summed E-state index contributed by atoms with van der Waals surface area (Å²) < 4.78 is 11.7. The molecular formula is C19H15N5O4. The van der Waals surface area contributed by atoms with E-state index in [1.54, 1.807) is 24.3 Å². The van der Waals surface area contributed by atoms with E-state index >= 15 is 0 Å². The van der Waals surface area contributed by atoms with E-state index in [0.717, 1.165) is 10.2 Å². The van der Waals surface area contributed by atoms with Gasteiger partial charge in [0.25, 0.3) is 11.4 Å². The first-order chi connectivity index (χ1) is 13.7. The van der Waals surface area contributed by atoms with Gasteiger partial charge >= 0.3 is 5.97 Å². The number of benzene rings is 2. The largest absolute Gasteiger partial charge is 0.456 e. The van der Waals surface area contributed by atoms with E-state index in [-0.39, 0.29) is 31.0 Å². The Bertz CT molecular complexity index is 1170. The highest BCUT2D eigenvalue weighted by atomic mass is 16.5. The van der Waals surface area contributed by atoms with Gasteiger partial charge in [0, 0.05) is 5.56 Å². The van der Waals surface area contributed by atoms with Gasteiger partial charge in [-0.15, -0.1) is 15.3 Å². The lowest BCUT2D eigenvalue weighted by Crippen LogP contribution is -2.25. The van der Waals surface area contributed by atoms with Gasteiger partial charge in [0.1, 0.15) is 5.52 Å². The number of aromatic nitrogens is 5. The van der Waals surface area contributed by atoms with E-state index in [0.29, 0.717) is 16.8 Å². The van der Waals surface area contributed by atoms with Crippen LogP contribution in [0.5, 0.6) is 0 Å². The SMILES string of the molecule is O=C(CCn1nnc2ccccc2c1=O)OCc1nnc(-c2ccccc2)o1. The monoisotopic (exact) mass is 377 g/mol. The van der Waals surface area contributed by atoms with E-state index in [1.165, 1.54) is 0 Å². The molecule has 0 unspecified atom stereocenters. The molecule has 0 fully saturated rings. The number of hydrogen-bond donors (Lipinski definition) is 0. The van der Waals surface area contributed by atoms with Crippen molar-refractivity contribution >= 4 is 16.9 Å². The summed E-state index contributed by atoms with van der Waals surface area (Å²) in [5.74, 6) is 0.0285. The molecule has 0 saturated heterocycles. The maximum Gasteiger partial charge on any atom is 0.308 e. The highest BCUT2D eigenvalue weighted by molar-refractivity contribution is 5.76. The summed E-state index contributed by atoms with van der Waals surface area (Å²) in [7, 11) is 0. The second-order valence-electron chi connectivity index (χ2n) is 5.91. The van der Waals surface area contributed by atoms with Crippen molar-refractivity contribution in [2.45, 2.75) is 19.6 Å². The number of nitrogens with zero attached hydrogens (tertiary/aromatic N) is 5. The quantitative estimate of drug-likeness (QED) is 0.469. The Morgan fingerprint density at radius 3 is 2.64 bits per heavy atom. The average molecular weight is 377 g/mol. The highest BCUT2D eigenvalue weighted by Crippen LogP contribution is 2.17. The Labute approximate surface area is 158 Å². The number of ether oxygens (including phenoxy) is 1. The lowest BCUT2D eigenvalue weighted by atomic mass is 10.2. The van der Waals surface area contributed by atoms with Gasteiger partial charge in [-0.2, -0.15) is 0 Å². The zero-order chi connectivity index (χ0) is 19.3. The van der Waals surface area contributed by atoms with Crippen LogP contribution in [-0.4, -0.2) is 31.2 Å². The summed E-state index contributed by atoms with van der Waals surface area (Å²) in [5.41, 5.74) is 0.988. The zero-order valence-electron chi connectivity index (χ0n) is 14.7. The molecule has 2 aromatic carbocycles. The van der Waals surface area contributed by atoms with Crippen LogP contribution < -0.4 is 5.56 Å². The number of rotatable bonds is 6. The molecule has 0 atom stereocenters. The number of hydrogen-bond acceptors (Lipinski definition) is 8. The third-order valence-corrected chi connectivity index (χ3v) is 4.00. The van der Waals surface area contributed by atoms with Crippen molar-refractivity contribution in [1.29, 1.82) is 0 Å². The predicted molar refractivity (Wildman–Crippen MR) is 97.9 cm³/mol. The van der Waals surface area contributed by atoms with E-state index < -0.39 is 5.97 Å². The molecule has 0 saturated carbocycles. The van der Waals surface area contributed by atoms with Crippen molar-refractivity contribution in [2.75, 3.05) is 0 Å². The van der Waals surface area contributed by atoms with Gasteiger partial charge in [-0.3, -0.25) is 9.59 Å². The fourth-order valence-corrected chi connectivity index (χ4v) is 2.59. The van der Waals surface area contributed by atoms with Crippen molar-refractivity contribution in [1.82, 2.24) is 25.2 Å². The van der Waals surface area contributed by atoms with E-state index in [9.17, 15) is 9.59 Å². The maximum atomic E-state index is 12.3. The first-order valence-electron chi connectivity index (χ1n) is 8.57. The van der Waals surface area contributed by atoms with E-state index in [1.807, 2.05) is 30.3 Å². The molecular weight excluding hydrogens is 362 g/mol. The molecule has 2 aromatic heterocycles. The van der Waals surface area contributed by atoms with Crippen molar-refractivity contribution < 1.29 is 13.9 Å². The first-order valence-corrected chi connectivity index (χ1v) is 8.57. The topological polar surface area (TPSA) is 113 Å². The maximum absolute atomic E-state index is 12.3. The molecule has 140 valence electrons. The molecule has 0 radical (unpaired) electrons. The summed E-state index contributed by atoms with van der Waals surface area (Å²) in [5, 5.41) is 16.0. The molecule has 0 bridgehead atoms. The molecule has 0 N–H and O–H groups in total.